The molecule has 3 nitrogen and oxygen atoms in total. The molecule has 1 aliphatic rings. The quantitative estimate of drug-likeness (QED) is 0.753. The molecule has 1 aromatic carbocycles. The monoisotopic (exact) mass is 230 g/mol. The molecule has 0 spiro atoms. The molecule has 16 heavy (non-hydrogen) atoms. The van der Waals surface area contributed by atoms with Gasteiger partial charge in [0.05, 0.1) is 0 Å². The molecule has 3 rings (SSSR count). The van der Waals surface area contributed by atoms with Crippen LogP contribution < -0.4 is 4.90 Å². The fourth-order valence-electron chi connectivity index (χ4n) is 1.99. The van der Waals surface area contributed by atoms with Gasteiger partial charge < -0.3 is 4.90 Å². The molecule has 0 unspecified atom stereocenters. The highest BCUT2D eigenvalue weighted by Crippen LogP contribution is 2.28. The Morgan fingerprint density at radius 3 is 3.06 bits per heavy atom. The SMILES string of the molecule is O=C(c1nccs1)N1CCc2ccccc21. The number of fused-ring (bicyclic) bond motifs is 1. The Balaban J connectivity index is 1.96. The molecule has 0 N–H and O–H groups in total. The van der Waals surface area contributed by atoms with Crippen LogP contribution in [-0.4, -0.2) is 17.4 Å². The summed E-state index contributed by atoms with van der Waals surface area (Å²) in [5.41, 5.74) is 2.27. The van der Waals surface area contributed by atoms with Crippen LogP contribution in [0, 0.1) is 0 Å². The second kappa shape index (κ2) is 3.72. The van der Waals surface area contributed by atoms with Crippen molar-refractivity contribution in [2.24, 2.45) is 0 Å². The predicted molar refractivity (Wildman–Crippen MR) is 63.9 cm³/mol. The highest BCUT2D eigenvalue weighted by atomic mass is 32.1. The van der Waals surface area contributed by atoms with Crippen LogP contribution >= 0.6 is 11.3 Å². The number of anilines is 1. The first-order valence-corrected chi connectivity index (χ1v) is 6.03. The van der Waals surface area contributed by atoms with Gasteiger partial charge in [0.1, 0.15) is 0 Å². The van der Waals surface area contributed by atoms with E-state index in [2.05, 4.69) is 11.1 Å². The molecule has 0 aliphatic carbocycles. The average molecular weight is 230 g/mol. The van der Waals surface area contributed by atoms with E-state index in [4.69, 9.17) is 0 Å². The minimum Gasteiger partial charge on any atom is -0.306 e. The number of nitrogens with zero attached hydrogens (tertiary/aromatic N) is 2. The summed E-state index contributed by atoms with van der Waals surface area (Å²) < 4.78 is 0. The van der Waals surface area contributed by atoms with E-state index in [1.165, 1.54) is 16.9 Å². The van der Waals surface area contributed by atoms with Crippen LogP contribution in [0.2, 0.25) is 0 Å². The number of hydrogen-bond donors (Lipinski definition) is 0. The zero-order valence-corrected chi connectivity index (χ0v) is 9.41. The van der Waals surface area contributed by atoms with E-state index in [9.17, 15) is 4.79 Å². The number of carbonyl (C=O) groups is 1. The topological polar surface area (TPSA) is 33.2 Å². The van der Waals surface area contributed by atoms with Crippen LogP contribution in [0.1, 0.15) is 15.4 Å². The number of hydrogen-bond acceptors (Lipinski definition) is 3. The van der Waals surface area contributed by atoms with Crippen LogP contribution in [-0.2, 0) is 6.42 Å². The molecule has 1 aliphatic heterocycles. The first kappa shape index (κ1) is 9.54. The van der Waals surface area contributed by atoms with Crippen LogP contribution in [0.5, 0.6) is 0 Å². The van der Waals surface area contributed by atoms with Crippen molar-refractivity contribution < 1.29 is 4.79 Å². The standard InChI is InChI=1S/C12H10N2OS/c15-12(11-13-6-8-16-11)14-7-5-9-3-1-2-4-10(9)14/h1-4,6,8H,5,7H2. The summed E-state index contributed by atoms with van der Waals surface area (Å²) in [4.78, 5) is 18.0. The Morgan fingerprint density at radius 1 is 1.38 bits per heavy atom. The fourth-order valence-corrected chi connectivity index (χ4v) is 2.58. The summed E-state index contributed by atoms with van der Waals surface area (Å²) in [5, 5.41) is 2.39. The zero-order chi connectivity index (χ0) is 11.0. The first-order valence-electron chi connectivity index (χ1n) is 5.15. The van der Waals surface area contributed by atoms with Crippen molar-refractivity contribution in [2.45, 2.75) is 6.42 Å². The lowest BCUT2D eigenvalue weighted by molar-refractivity contribution is 0.0989. The lowest BCUT2D eigenvalue weighted by Gasteiger charge is -2.15. The largest absolute Gasteiger partial charge is 0.306 e. The lowest BCUT2D eigenvalue weighted by Crippen LogP contribution is -2.28. The number of para-hydroxylation sites is 1. The van der Waals surface area contributed by atoms with Gasteiger partial charge in [-0.05, 0) is 18.1 Å². The number of rotatable bonds is 1. The highest BCUT2D eigenvalue weighted by molar-refractivity contribution is 7.11. The van der Waals surface area contributed by atoms with Gasteiger partial charge >= 0.3 is 0 Å². The van der Waals surface area contributed by atoms with E-state index in [1.807, 2.05) is 28.5 Å². The summed E-state index contributed by atoms with van der Waals surface area (Å²) in [6.07, 6.45) is 2.60. The maximum atomic E-state index is 12.1. The maximum absolute atomic E-state index is 12.1. The van der Waals surface area contributed by atoms with Gasteiger partial charge in [-0.2, -0.15) is 0 Å². The van der Waals surface area contributed by atoms with Gasteiger partial charge in [0, 0.05) is 23.8 Å². The van der Waals surface area contributed by atoms with Crippen LogP contribution in [0.3, 0.4) is 0 Å². The average Bonchev–Trinajstić information content (AvgIpc) is 2.98. The summed E-state index contributed by atoms with van der Waals surface area (Å²) in [6, 6.07) is 8.04. The molecule has 0 radical (unpaired) electrons. The third-order valence-corrected chi connectivity index (χ3v) is 3.51. The van der Waals surface area contributed by atoms with Gasteiger partial charge in [0.25, 0.3) is 5.91 Å². The Morgan fingerprint density at radius 2 is 2.25 bits per heavy atom. The Kier molecular flexibility index (Phi) is 2.22. The molecule has 4 heteroatoms. The normalized spacial score (nSPS) is 13.9. The molecule has 0 fully saturated rings. The van der Waals surface area contributed by atoms with Crippen LogP contribution in [0.4, 0.5) is 5.69 Å². The molecule has 1 amide bonds. The summed E-state index contributed by atoms with van der Waals surface area (Å²) in [7, 11) is 0. The number of aromatic nitrogens is 1. The van der Waals surface area contributed by atoms with E-state index in [0.29, 0.717) is 5.01 Å². The summed E-state index contributed by atoms with van der Waals surface area (Å²) >= 11 is 1.39. The molecule has 80 valence electrons. The van der Waals surface area contributed by atoms with Gasteiger partial charge in [0.15, 0.2) is 5.01 Å². The van der Waals surface area contributed by atoms with Crippen molar-refractivity contribution in [1.82, 2.24) is 4.98 Å². The lowest BCUT2D eigenvalue weighted by atomic mass is 10.2. The molecular formula is C12H10N2OS. The Hall–Kier alpha value is -1.68. The molecule has 0 bridgehead atoms. The summed E-state index contributed by atoms with van der Waals surface area (Å²) in [5.74, 6) is 0.0138. The Bertz CT molecular complexity index is 522. The minimum atomic E-state index is 0.0138. The van der Waals surface area contributed by atoms with Crippen molar-refractivity contribution >= 4 is 22.9 Å². The van der Waals surface area contributed by atoms with E-state index >= 15 is 0 Å². The number of amides is 1. The van der Waals surface area contributed by atoms with E-state index in [0.717, 1.165) is 18.7 Å². The molecule has 0 saturated carbocycles. The van der Waals surface area contributed by atoms with Crippen molar-refractivity contribution in [2.75, 3.05) is 11.4 Å². The van der Waals surface area contributed by atoms with Crippen molar-refractivity contribution in [3.63, 3.8) is 0 Å². The van der Waals surface area contributed by atoms with E-state index < -0.39 is 0 Å². The number of thiazole rings is 1. The van der Waals surface area contributed by atoms with Gasteiger partial charge in [-0.15, -0.1) is 11.3 Å². The van der Waals surface area contributed by atoms with Crippen LogP contribution in [0.25, 0.3) is 0 Å². The molecular weight excluding hydrogens is 220 g/mol. The molecule has 2 aromatic rings. The Labute approximate surface area is 97.4 Å². The van der Waals surface area contributed by atoms with E-state index in [-0.39, 0.29) is 5.91 Å². The predicted octanol–water partition coefficient (Wildman–Crippen LogP) is 2.35. The first-order chi connectivity index (χ1) is 7.86. The fraction of sp³-hybridized carbons (Fsp3) is 0.167. The van der Waals surface area contributed by atoms with Crippen LogP contribution in [0.15, 0.2) is 35.8 Å². The van der Waals surface area contributed by atoms with Gasteiger partial charge in [-0.3, -0.25) is 4.79 Å². The van der Waals surface area contributed by atoms with Gasteiger partial charge in [-0.1, -0.05) is 18.2 Å². The minimum absolute atomic E-state index is 0.0138. The molecule has 0 saturated heterocycles. The zero-order valence-electron chi connectivity index (χ0n) is 8.59. The van der Waals surface area contributed by atoms with Crippen molar-refractivity contribution in [3.05, 3.63) is 46.4 Å². The third-order valence-electron chi connectivity index (χ3n) is 2.75. The van der Waals surface area contributed by atoms with Crippen molar-refractivity contribution in [3.8, 4) is 0 Å². The van der Waals surface area contributed by atoms with Crippen molar-refractivity contribution in [1.29, 1.82) is 0 Å². The van der Waals surface area contributed by atoms with Gasteiger partial charge in [0.2, 0.25) is 0 Å². The molecule has 1 aromatic heterocycles. The maximum Gasteiger partial charge on any atom is 0.287 e. The summed E-state index contributed by atoms with van der Waals surface area (Å²) in [6.45, 7) is 0.762. The second-order valence-electron chi connectivity index (χ2n) is 3.67. The molecule has 0 atom stereocenters. The smallest absolute Gasteiger partial charge is 0.287 e. The molecule has 2 heterocycles. The third kappa shape index (κ3) is 1.42. The van der Waals surface area contributed by atoms with Gasteiger partial charge in [-0.25, -0.2) is 4.98 Å². The highest BCUT2D eigenvalue weighted by Gasteiger charge is 2.26. The number of benzene rings is 1. The second-order valence-corrected chi connectivity index (χ2v) is 4.57. The van der Waals surface area contributed by atoms with E-state index in [1.54, 1.807) is 6.20 Å². The number of carbonyl (C=O) groups excluding carboxylic acids is 1.